The Labute approximate surface area is 149 Å². The molecule has 0 aromatic heterocycles. The third-order valence-corrected chi connectivity index (χ3v) is 4.62. The number of benzene rings is 1. The zero-order valence-electron chi connectivity index (χ0n) is 15.0. The average molecular weight is 349 g/mol. The first-order chi connectivity index (χ1) is 12.1. The number of nitrogens with zero attached hydrogens (tertiary/aromatic N) is 2. The van der Waals surface area contributed by atoms with Crippen molar-refractivity contribution >= 4 is 11.8 Å². The van der Waals surface area contributed by atoms with Crippen LogP contribution < -0.4 is 5.32 Å². The fraction of sp³-hybridized carbons (Fsp3) is 0.579. The zero-order chi connectivity index (χ0) is 18.1. The first-order valence-electron chi connectivity index (χ1n) is 9.09. The molecule has 6 heteroatoms. The van der Waals surface area contributed by atoms with Gasteiger partial charge in [-0.15, -0.1) is 0 Å². The second-order valence-electron chi connectivity index (χ2n) is 6.40. The fourth-order valence-corrected chi connectivity index (χ4v) is 2.97. The molecular formula is C19H28FN3O2. The van der Waals surface area contributed by atoms with Crippen molar-refractivity contribution in [3.8, 4) is 0 Å². The Hall–Kier alpha value is -1.95. The molecule has 1 fully saturated rings. The largest absolute Gasteiger partial charge is 0.356 e. The van der Waals surface area contributed by atoms with Crippen LogP contribution in [0.25, 0.3) is 0 Å². The van der Waals surface area contributed by atoms with Gasteiger partial charge in [0.2, 0.25) is 11.8 Å². The number of rotatable bonds is 8. The van der Waals surface area contributed by atoms with Crippen molar-refractivity contribution in [3.05, 3.63) is 35.6 Å². The summed E-state index contributed by atoms with van der Waals surface area (Å²) in [6.45, 7) is 6.95. The van der Waals surface area contributed by atoms with Crippen LogP contribution in [0.4, 0.5) is 4.39 Å². The van der Waals surface area contributed by atoms with Crippen molar-refractivity contribution in [2.75, 3.05) is 39.3 Å². The maximum absolute atomic E-state index is 12.8. The number of likely N-dealkylation sites (N-methyl/N-ethyl adjacent to an activating group) is 1. The van der Waals surface area contributed by atoms with E-state index in [1.54, 1.807) is 12.1 Å². The molecule has 0 bridgehead atoms. The number of hydrogen-bond acceptors (Lipinski definition) is 3. The van der Waals surface area contributed by atoms with E-state index in [2.05, 4.69) is 17.1 Å². The van der Waals surface area contributed by atoms with Crippen LogP contribution in [-0.2, 0) is 16.0 Å². The maximum Gasteiger partial charge on any atom is 0.224 e. The molecule has 0 aliphatic carbocycles. The van der Waals surface area contributed by atoms with Crippen LogP contribution in [0.5, 0.6) is 0 Å². The molecule has 0 saturated carbocycles. The molecule has 1 aliphatic rings. The Kier molecular flexibility index (Phi) is 7.85. The minimum atomic E-state index is -0.248. The fourth-order valence-electron chi connectivity index (χ4n) is 2.97. The summed E-state index contributed by atoms with van der Waals surface area (Å²) in [6.07, 6.45) is 2.23. The predicted octanol–water partition coefficient (Wildman–Crippen LogP) is 1.82. The molecule has 1 aromatic rings. The van der Waals surface area contributed by atoms with E-state index < -0.39 is 0 Å². The van der Waals surface area contributed by atoms with E-state index in [4.69, 9.17) is 0 Å². The smallest absolute Gasteiger partial charge is 0.224 e. The quantitative estimate of drug-likeness (QED) is 0.779. The molecule has 0 unspecified atom stereocenters. The lowest BCUT2D eigenvalue weighted by Gasteiger charge is -2.34. The Morgan fingerprint density at radius 1 is 1.08 bits per heavy atom. The standard InChI is InChI=1S/C19H28FN3O2/c1-2-22-12-14-23(15-13-22)19(25)10-11-21-18(24)5-3-4-16-6-8-17(20)9-7-16/h6-9H,2-5,10-15H2,1H3,(H,21,24). The lowest BCUT2D eigenvalue weighted by Crippen LogP contribution is -2.49. The third-order valence-electron chi connectivity index (χ3n) is 4.62. The van der Waals surface area contributed by atoms with Gasteiger partial charge in [0, 0.05) is 45.6 Å². The van der Waals surface area contributed by atoms with Gasteiger partial charge >= 0.3 is 0 Å². The van der Waals surface area contributed by atoms with Crippen LogP contribution in [0.2, 0.25) is 0 Å². The molecule has 0 radical (unpaired) electrons. The van der Waals surface area contributed by atoms with E-state index in [0.29, 0.717) is 25.8 Å². The lowest BCUT2D eigenvalue weighted by atomic mass is 10.1. The average Bonchev–Trinajstić information content (AvgIpc) is 2.63. The zero-order valence-corrected chi connectivity index (χ0v) is 15.0. The Morgan fingerprint density at radius 3 is 2.40 bits per heavy atom. The van der Waals surface area contributed by atoms with Crippen LogP contribution in [0.15, 0.2) is 24.3 Å². The normalized spacial score (nSPS) is 15.2. The van der Waals surface area contributed by atoms with E-state index in [1.807, 2.05) is 4.90 Å². The minimum Gasteiger partial charge on any atom is -0.356 e. The number of hydrogen-bond donors (Lipinski definition) is 1. The Balaban J connectivity index is 1.56. The van der Waals surface area contributed by atoms with Gasteiger partial charge in [0.1, 0.15) is 5.82 Å². The highest BCUT2D eigenvalue weighted by molar-refractivity contribution is 5.79. The number of carbonyl (C=O) groups is 2. The van der Waals surface area contributed by atoms with Gasteiger partial charge in [0.15, 0.2) is 0 Å². The van der Waals surface area contributed by atoms with Crippen molar-refractivity contribution in [3.63, 3.8) is 0 Å². The molecule has 1 N–H and O–H groups in total. The summed E-state index contributed by atoms with van der Waals surface area (Å²) < 4.78 is 12.8. The summed E-state index contributed by atoms with van der Waals surface area (Å²) in [5, 5.41) is 2.81. The third kappa shape index (κ3) is 6.82. The minimum absolute atomic E-state index is 0.0364. The Morgan fingerprint density at radius 2 is 1.76 bits per heavy atom. The first kappa shape index (κ1) is 19.4. The predicted molar refractivity (Wildman–Crippen MR) is 95.7 cm³/mol. The molecule has 1 aromatic carbocycles. The molecule has 0 atom stereocenters. The number of piperazine rings is 1. The second kappa shape index (κ2) is 10.1. The number of halogens is 1. The molecule has 1 heterocycles. The van der Waals surface area contributed by atoms with E-state index in [9.17, 15) is 14.0 Å². The van der Waals surface area contributed by atoms with Gasteiger partial charge in [-0.1, -0.05) is 19.1 Å². The highest BCUT2D eigenvalue weighted by atomic mass is 19.1. The van der Waals surface area contributed by atoms with E-state index in [0.717, 1.165) is 44.7 Å². The van der Waals surface area contributed by atoms with Crippen molar-refractivity contribution < 1.29 is 14.0 Å². The van der Waals surface area contributed by atoms with Gasteiger partial charge in [-0.25, -0.2) is 4.39 Å². The summed E-state index contributed by atoms with van der Waals surface area (Å²) in [4.78, 5) is 28.2. The topological polar surface area (TPSA) is 52.6 Å². The number of aryl methyl sites for hydroxylation is 1. The van der Waals surface area contributed by atoms with Crippen LogP contribution >= 0.6 is 0 Å². The van der Waals surface area contributed by atoms with E-state index in [-0.39, 0.29) is 17.6 Å². The molecule has 25 heavy (non-hydrogen) atoms. The monoisotopic (exact) mass is 349 g/mol. The van der Waals surface area contributed by atoms with Crippen molar-refractivity contribution in [2.45, 2.75) is 32.6 Å². The highest BCUT2D eigenvalue weighted by Crippen LogP contribution is 2.07. The molecule has 0 spiro atoms. The summed E-state index contributed by atoms with van der Waals surface area (Å²) in [7, 11) is 0. The molecule has 5 nitrogen and oxygen atoms in total. The molecular weight excluding hydrogens is 321 g/mol. The highest BCUT2D eigenvalue weighted by Gasteiger charge is 2.19. The van der Waals surface area contributed by atoms with Gasteiger partial charge in [-0.05, 0) is 37.1 Å². The van der Waals surface area contributed by atoms with Crippen molar-refractivity contribution in [1.29, 1.82) is 0 Å². The van der Waals surface area contributed by atoms with Crippen LogP contribution in [0, 0.1) is 5.82 Å². The van der Waals surface area contributed by atoms with Gasteiger partial charge in [-0.2, -0.15) is 0 Å². The molecule has 2 rings (SSSR count). The molecule has 1 aliphatic heterocycles. The molecule has 2 amide bonds. The second-order valence-corrected chi connectivity index (χ2v) is 6.40. The van der Waals surface area contributed by atoms with Crippen LogP contribution in [0.3, 0.4) is 0 Å². The van der Waals surface area contributed by atoms with Crippen molar-refractivity contribution in [1.82, 2.24) is 15.1 Å². The van der Waals surface area contributed by atoms with Crippen molar-refractivity contribution in [2.24, 2.45) is 0 Å². The van der Waals surface area contributed by atoms with E-state index in [1.165, 1.54) is 12.1 Å². The van der Waals surface area contributed by atoms with Gasteiger partial charge in [0.25, 0.3) is 0 Å². The summed E-state index contributed by atoms with van der Waals surface area (Å²) in [6, 6.07) is 6.34. The Bertz CT molecular complexity index is 554. The number of carbonyl (C=O) groups excluding carboxylic acids is 2. The maximum atomic E-state index is 12.8. The molecule has 1 saturated heterocycles. The lowest BCUT2D eigenvalue weighted by molar-refractivity contribution is -0.132. The SMILES string of the molecule is CCN1CCN(C(=O)CCNC(=O)CCCc2ccc(F)cc2)CC1. The van der Waals surface area contributed by atoms with Crippen LogP contribution in [0.1, 0.15) is 31.7 Å². The number of amides is 2. The molecule has 138 valence electrons. The van der Waals surface area contributed by atoms with Gasteiger partial charge in [-0.3, -0.25) is 9.59 Å². The van der Waals surface area contributed by atoms with E-state index >= 15 is 0 Å². The number of nitrogens with one attached hydrogen (secondary N) is 1. The van der Waals surface area contributed by atoms with Gasteiger partial charge < -0.3 is 15.1 Å². The van der Waals surface area contributed by atoms with Crippen LogP contribution in [-0.4, -0.2) is 60.9 Å². The summed E-state index contributed by atoms with van der Waals surface area (Å²) >= 11 is 0. The van der Waals surface area contributed by atoms with Gasteiger partial charge in [0.05, 0.1) is 0 Å². The summed E-state index contributed by atoms with van der Waals surface area (Å²) in [5.41, 5.74) is 1.02. The first-order valence-corrected chi connectivity index (χ1v) is 9.09. The summed E-state index contributed by atoms with van der Waals surface area (Å²) in [5.74, 6) is -0.171.